The van der Waals surface area contributed by atoms with Gasteiger partial charge >= 0.3 is 13.6 Å². The van der Waals surface area contributed by atoms with Gasteiger partial charge in [0.2, 0.25) is 0 Å². The summed E-state index contributed by atoms with van der Waals surface area (Å²) in [5, 5.41) is 10.1. The molecule has 0 fully saturated rings. The van der Waals surface area contributed by atoms with E-state index in [0.717, 1.165) is 0 Å². The van der Waals surface area contributed by atoms with Crippen LogP contribution in [0.2, 0.25) is 0 Å². The van der Waals surface area contributed by atoms with E-state index in [0.29, 0.717) is 0 Å². The fourth-order valence-corrected chi connectivity index (χ4v) is 0.712. The highest BCUT2D eigenvalue weighted by Crippen LogP contribution is 2.31. The SMILES string of the molecule is O=[13C](O)C[15NH][13CH2]P(=O)(O)O. The van der Waals surface area contributed by atoms with Gasteiger partial charge in [0.25, 0.3) is 0 Å². The highest BCUT2D eigenvalue weighted by Gasteiger charge is 2.11. The quantitative estimate of drug-likeness (QED) is 0.241. The van der Waals surface area contributed by atoms with Crippen LogP contribution in [0.5, 0.6) is 0 Å². The molecule has 0 heterocycles. The number of hydrogen-bond donors (Lipinski definition) is 4. The van der Waals surface area contributed by atoms with Crippen molar-refractivity contribution in [2.45, 2.75) is 0 Å². The Kier molecular flexibility index (Phi) is 3.52. The molecule has 0 bridgehead atoms. The summed E-state index contributed by atoms with van der Waals surface area (Å²) < 4.78 is 10.1. The van der Waals surface area contributed by atoms with E-state index >= 15 is 0 Å². The number of carboxylic acids is 1. The molecule has 0 spiro atoms. The van der Waals surface area contributed by atoms with Gasteiger partial charge < -0.3 is 14.9 Å². The van der Waals surface area contributed by atoms with Crippen LogP contribution >= 0.6 is 7.60 Å². The van der Waals surface area contributed by atoms with Crippen molar-refractivity contribution in [3.05, 3.63) is 0 Å². The van der Waals surface area contributed by atoms with Crippen LogP contribution < -0.4 is 5.32 Å². The molecule has 0 amide bonds. The van der Waals surface area contributed by atoms with Crippen LogP contribution in [0, 0.1) is 0 Å². The monoisotopic (exact) mass is 172 g/mol. The second kappa shape index (κ2) is 3.68. The van der Waals surface area contributed by atoms with Crippen molar-refractivity contribution < 1.29 is 24.3 Å². The number of carbonyl (C=O) groups is 1. The van der Waals surface area contributed by atoms with Gasteiger partial charge in [-0.1, -0.05) is 0 Å². The van der Waals surface area contributed by atoms with E-state index in [9.17, 15) is 9.36 Å². The molecule has 10 heavy (non-hydrogen) atoms. The molecule has 0 aliphatic carbocycles. The van der Waals surface area contributed by atoms with E-state index in [4.69, 9.17) is 14.9 Å². The lowest BCUT2D eigenvalue weighted by Crippen LogP contribution is -2.23. The zero-order chi connectivity index (χ0) is 8.20. The zero-order valence-electron chi connectivity index (χ0n) is 5.02. The fraction of sp³-hybridized carbons (Fsp3) is 0.667. The number of aliphatic carboxylic acids is 1. The van der Waals surface area contributed by atoms with Crippen LogP contribution in [0.3, 0.4) is 0 Å². The number of nitrogens with one attached hydrogen (secondary N) is 1. The Morgan fingerprint density at radius 2 is 2.00 bits per heavy atom. The van der Waals surface area contributed by atoms with E-state index in [1.807, 2.05) is 0 Å². The number of hydrogen-bond acceptors (Lipinski definition) is 3. The van der Waals surface area contributed by atoms with E-state index in [1.165, 1.54) is 0 Å². The third-order valence-corrected chi connectivity index (χ3v) is 1.23. The highest BCUT2D eigenvalue weighted by molar-refractivity contribution is 7.51. The van der Waals surface area contributed by atoms with Gasteiger partial charge in [0.15, 0.2) is 0 Å². The Bertz CT molecular complexity index is 162. The van der Waals surface area contributed by atoms with Gasteiger partial charge in [-0.15, -0.1) is 0 Å². The van der Waals surface area contributed by atoms with Crippen molar-refractivity contribution in [1.82, 2.24) is 5.32 Å². The molecule has 0 aliphatic heterocycles. The van der Waals surface area contributed by atoms with Crippen molar-refractivity contribution in [1.29, 1.82) is 0 Å². The lowest BCUT2D eigenvalue weighted by atomic mass is 11.1. The summed E-state index contributed by atoms with van der Waals surface area (Å²) in [5.74, 6) is -1.14. The Hall–Kier alpha value is -0.420. The minimum absolute atomic E-state index is 0.439. The van der Waals surface area contributed by atoms with Gasteiger partial charge in [-0.05, 0) is 0 Å². The molecule has 0 aromatic rings. The minimum Gasteiger partial charge on any atom is -0.480 e. The predicted molar refractivity (Wildman–Crippen MR) is 32.5 cm³/mol. The first-order valence-electron chi connectivity index (χ1n) is 2.39. The molecule has 60 valence electrons. The molecule has 0 aromatic heterocycles. The van der Waals surface area contributed by atoms with Crippen LogP contribution in [0.15, 0.2) is 0 Å². The summed E-state index contributed by atoms with van der Waals surface area (Å²) in [7, 11) is -4.10. The van der Waals surface area contributed by atoms with Gasteiger partial charge in [0.05, 0.1) is 12.8 Å². The summed E-state index contributed by atoms with van der Waals surface area (Å²) in [6.45, 7) is -0.439. The van der Waals surface area contributed by atoms with Crippen LogP contribution in [0.4, 0.5) is 0 Å². The molecule has 7 heteroatoms. The van der Waals surface area contributed by atoms with Gasteiger partial charge in [-0.2, -0.15) is 0 Å². The predicted octanol–water partition coefficient (Wildman–Crippen LogP) is -1.20. The molecular weight excluding hydrogens is 164 g/mol. The molecular formula is C3H8NO5P. The first-order valence-corrected chi connectivity index (χ1v) is 4.18. The molecule has 0 saturated carbocycles. The molecule has 0 atom stereocenters. The summed E-state index contributed by atoms with van der Waals surface area (Å²) in [5.41, 5.74) is 0. The standard InChI is InChI=1S/C3H8NO5P/c5-3(6)1-4-2-10(7,8)9/h4H,1-2H2,(H,5,6)(H2,7,8,9)/i2+1,3+1,4+1. The summed E-state index contributed by atoms with van der Waals surface area (Å²) in [6.07, 6.45) is -0.598. The molecule has 0 unspecified atom stereocenters. The fourth-order valence-electron chi connectivity index (χ4n) is 0.308. The average Bonchev–Trinajstić information content (AvgIpc) is 1.59. The van der Waals surface area contributed by atoms with Gasteiger partial charge in [-0.25, -0.2) is 0 Å². The molecule has 0 aromatic carbocycles. The number of carboxylic acid groups (broad SMARTS) is 1. The molecule has 0 radical (unpaired) electrons. The van der Waals surface area contributed by atoms with Crippen molar-refractivity contribution in [3.63, 3.8) is 0 Å². The third kappa shape index (κ3) is 7.58. The van der Waals surface area contributed by atoms with E-state index < -0.39 is 26.4 Å². The Morgan fingerprint density at radius 1 is 1.50 bits per heavy atom. The Balaban J connectivity index is 3.39. The lowest BCUT2D eigenvalue weighted by molar-refractivity contribution is -0.135. The summed E-state index contributed by atoms with van der Waals surface area (Å²) in [4.78, 5) is 26.1. The Morgan fingerprint density at radius 3 is 2.30 bits per heavy atom. The molecule has 4 N–H and O–H groups in total. The summed E-state index contributed by atoms with van der Waals surface area (Å²) >= 11 is 0. The maximum absolute atomic E-state index is 10.1. The van der Waals surface area contributed by atoms with Gasteiger partial charge in [-0.3, -0.25) is 14.7 Å². The van der Waals surface area contributed by atoms with Crippen LogP contribution in [-0.4, -0.2) is 33.7 Å². The second-order valence-electron chi connectivity index (χ2n) is 1.64. The van der Waals surface area contributed by atoms with Gasteiger partial charge in [0, 0.05) is 0 Å². The molecule has 0 rings (SSSR count). The minimum atomic E-state index is -4.10. The van der Waals surface area contributed by atoms with Crippen LogP contribution in [0.25, 0.3) is 0 Å². The maximum Gasteiger partial charge on any atom is 0.339 e. The van der Waals surface area contributed by atoms with E-state index in [-0.39, 0.29) is 0 Å². The third-order valence-electron chi connectivity index (χ3n) is 0.594. The zero-order valence-corrected chi connectivity index (χ0v) is 5.91. The molecule has 0 aliphatic rings. The lowest BCUT2D eigenvalue weighted by Gasteiger charge is -2.02. The van der Waals surface area contributed by atoms with Crippen molar-refractivity contribution in [2.24, 2.45) is 0 Å². The largest absolute Gasteiger partial charge is 0.480 e. The van der Waals surface area contributed by atoms with E-state index in [2.05, 4.69) is 5.32 Å². The van der Waals surface area contributed by atoms with Crippen LogP contribution in [0.1, 0.15) is 0 Å². The molecule has 6 nitrogen and oxygen atoms in total. The van der Waals surface area contributed by atoms with Gasteiger partial charge in [0.1, 0.15) is 0 Å². The second-order valence-corrected chi connectivity index (χ2v) is 3.29. The average molecular weight is 172 g/mol. The van der Waals surface area contributed by atoms with Crippen molar-refractivity contribution in [2.75, 3.05) is 12.8 Å². The topological polar surface area (TPSA) is 107 Å². The normalized spacial score (nSPS) is 11.4. The smallest absolute Gasteiger partial charge is 0.339 e. The van der Waals surface area contributed by atoms with E-state index in [1.54, 1.807) is 0 Å². The van der Waals surface area contributed by atoms with Crippen LogP contribution in [-0.2, 0) is 9.36 Å². The molecule has 0 saturated heterocycles. The summed E-state index contributed by atoms with van der Waals surface area (Å²) in [6, 6.07) is 0. The first kappa shape index (κ1) is 9.58. The number of rotatable bonds is 4. The highest BCUT2D eigenvalue weighted by atomic mass is 31.2. The first-order chi connectivity index (χ1) is 4.42. The maximum atomic E-state index is 10.1. The Labute approximate surface area is 57.0 Å². The van der Waals surface area contributed by atoms with Crippen molar-refractivity contribution >= 4 is 13.6 Å². The van der Waals surface area contributed by atoms with Crippen molar-refractivity contribution in [3.8, 4) is 0 Å².